The Labute approximate surface area is 222 Å². The highest BCUT2D eigenvalue weighted by atomic mass is 16.5. The van der Waals surface area contributed by atoms with Gasteiger partial charge in [0.1, 0.15) is 5.56 Å². The second-order valence-electron chi connectivity index (χ2n) is 11.1. The topological polar surface area (TPSA) is 64.4 Å². The van der Waals surface area contributed by atoms with Crippen molar-refractivity contribution in [2.45, 2.75) is 91.5 Å². The van der Waals surface area contributed by atoms with Crippen LogP contribution in [0.1, 0.15) is 101 Å². The summed E-state index contributed by atoms with van der Waals surface area (Å²) in [6.45, 7) is 8.26. The number of carbonyl (C=O) groups is 2. The van der Waals surface area contributed by atoms with E-state index in [9.17, 15) is 9.59 Å². The molecule has 0 N–H and O–H groups in total. The molecule has 2 aliphatic rings. The lowest BCUT2D eigenvalue weighted by atomic mass is 9.82. The summed E-state index contributed by atoms with van der Waals surface area (Å²) >= 11 is 0. The van der Waals surface area contributed by atoms with Crippen molar-refractivity contribution in [3.63, 3.8) is 0 Å². The van der Waals surface area contributed by atoms with E-state index in [1.807, 2.05) is 26.0 Å². The van der Waals surface area contributed by atoms with Crippen molar-refractivity contribution >= 4 is 23.8 Å². The van der Waals surface area contributed by atoms with Crippen LogP contribution in [0.4, 0.5) is 5.82 Å². The molecule has 0 aliphatic heterocycles. The first-order valence-electron chi connectivity index (χ1n) is 14.3. The van der Waals surface area contributed by atoms with Gasteiger partial charge in [0.2, 0.25) is 5.91 Å². The number of hydrogen-bond donors (Lipinski definition) is 0. The van der Waals surface area contributed by atoms with Gasteiger partial charge in [-0.2, -0.15) is 0 Å². The number of esters is 1. The molecule has 6 heteroatoms. The smallest absolute Gasteiger partial charge is 0.343 e. The number of anilines is 1. The standard InChI is InChI=1S/C31H43N3O3/c1-5-37-31(36)28-21-33(27-19-15-25(16-20-27)14-13-24-9-7-6-8-10-24)32-29(28)34(22(2)3)30(35)26-17-11-23(4)12-18-26/h13-16,19-24,26H,5-12,17-18H2,1-4H3/b14-13+/t23-,26-. The average molecular weight is 506 g/mol. The molecule has 0 radical (unpaired) electrons. The third-order valence-corrected chi connectivity index (χ3v) is 7.91. The fourth-order valence-electron chi connectivity index (χ4n) is 5.65. The fraction of sp³-hybridized carbons (Fsp3) is 0.581. The highest BCUT2D eigenvalue weighted by Crippen LogP contribution is 2.33. The second-order valence-corrected chi connectivity index (χ2v) is 11.1. The minimum absolute atomic E-state index is 0.0333. The zero-order valence-electron chi connectivity index (χ0n) is 23.0. The average Bonchev–Trinajstić information content (AvgIpc) is 3.33. The van der Waals surface area contributed by atoms with Crippen molar-refractivity contribution in [3.05, 3.63) is 47.7 Å². The third-order valence-electron chi connectivity index (χ3n) is 7.91. The van der Waals surface area contributed by atoms with E-state index in [0.717, 1.165) is 36.9 Å². The molecule has 0 unspecified atom stereocenters. The largest absolute Gasteiger partial charge is 0.462 e. The Kier molecular flexibility index (Phi) is 9.23. The summed E-state index contributed by atoms with van der Waals surface area (Å²) in [5.41, 5.74) is 2.32. The van der Waals surface area contributed by atoms with Gasteiger partial charge in [-0.05, 0) is 88.8 Å². The third kappa shape index (κ3) is 6.71. The number of aromatic nitrogens is 2. The van der Waals surface area contributed by atoms with Crippen LogP contribution in [-0.4, -0.2) is 34.3 Å². The lowest BCUT2D eigenvalue weighted by Gasteiger charge is -2.32. The zero-order valence-corrected chi connectivity index (χ0v) is 23.0. The molecule has 4 rings (SSSR count). The number of benzene rings is 1. The number of ether oxygens (including phenoxy) is 1. The predicted molar refractivity (Wildman–Crippen MR) is 149 cm³/mol. The van der Waals surface area contributed by atoms with Crippen LogP contribution in [0.5, 0.6) is 0 Å². The Bertz CT molecular complexity index is 1070. The summed E-state index contributed by atoms with van der Waals surface area (Å²) in [5, 5.41) is 4.79. The van der Waals surface area contributed by atoms with Crippen LogP contribution in [-0.2, 0) is 9.53 Å². The van der Waals surface area contributed by atoms with Crippen LogP contribution in [0.2, 0.25) is 0 Å². The van der Waals surface area contributed by atoms with E-state index in [1.54, 1.807) is 22.7 Å². The van der Waals surface area contributed by atoms with Crippen LogP contribution in [0.25, 0.3) is 11.8 Å². The van der Waals surface area contributed by atoms with Crippen molar-refractivity contribution in [2.75, 3.05) is 11.5 Å². The van der Waals surface area contributed by atoms with E-state index in [2.05, 4.69) is 31.2 Å². The number of allylic oxidation sites excluding steroid dienone is 1. The van der Waals surface area contributed by atoms with E-state index < -0.39 is 5.97 Å². The van der Waals surface area contributed by atoms with Gasteiger partial charge >= 0.3 is 5.97 Å². The van der Waals surface area contributed by atoms with Gasteiger partial charge in [0.25, 0.3) is 0 Å². The summed E-state index contributed by atoms with van der Waals surface area (Å²) < 4.78 is 7.05. The molecule has 1 heterocycles. The van der Waals surface area contributed by atoms with Crippen LogP contribution in [0.15, 0.2) is 36.5 Å². The number of carbonyl (C=O) groups excluding carboxylic acids is 2. The molecule has 37 heavy (non-hydrogen) atoms. The van der Waals surface area contributed by atoms with Gasteiger partial charge in [0.05, 0.1) is 12.3 Å². The molecule has 0 atom stereocenters. The van der Waals surface area contributed by atoms with Crippen LogP contribution in [0.3, 0.4) is 0 Å². The monoisotopic (exact) mass is 505 g/mol. The lowest BCUT2D eigenvalue weighted by Crippen LogP contribution is -2.43. The van der Waals surface area contributed by atoms with Gasteiger partial charge < -0.3 is 4.74 Å². The molecule has 2 saturated carbocycles. The highest BCUT2D eigenvalue weighted by Gasteiger charge is 2.34. The molecule has 2 aromatic rings. The molecule has 6 nitrogen and oxygen atoms in total. The van der Waals surface area contributed by atoms with E-state index in [4.69, 9.17) is 9.84 Å². The maximum Gasteiger partial charge on any atom is 0.343 e. The Hall–Kier alpha value is -2.89. The lowest BCUT2D eigenvalue weighted by molar-refractivity contribution is -0.124. The quantitative estimate of drug-likeness (QED) is 0.356. The number of nitrogens with zero attached hydrogens (tertiary/aromatic N) is 3. The fourth-order valence-corrected chi connectivity index (χ4v) is 5.65. The summed E-state index contributed by atoms with van der Waals surface area (Å²) in [4.78, 5) is 28.3. The van der Waals surface area contributed by atoms with Gasteiger partial charge in [0.15, 0.2) is 5.82 Å². The Morgan fingerprint density at radius 3 is 2.35 bits per heavy atom. The Morgan fingerprint density at radius 1 is 1.05 bits per heavy atom. The Balaban J connectivity index is 1.60. The summed E-state index contributed by atoms with van der Waals surface area (Å²) in [7, 11) is 0. The van der Waals surface area contributed by atoms with Gasteiger partial charge in [0, 0.05) is 18.2 Å². The van der Waals surface area contributed by atoms with Crippen molar-refractivity contribution in [1.82, 2.24) is 9.78 Å². The molecule has 200 valence electrons. The molecule has 0 saturated heterocycles. The van der Waals surface area contributed by atoms with E-state index in [0.29, 0.717) is 23.2 Å². The highest BCUT2D eigenvalue weighted by molar-refractivity contribution is 6.02. The molecular formula is C31H43N3O3. The summed E-state index contributed by atoms with van der Waals surface area (Å²) in [5.74, 6) is 1.30. The molecule has 0 bridgehead atoms. The van der Waals surface area contributed by atoms with E-state index in [1.165, 1.54) is 32.1 Å². The normalized spacial score (nSPS) is 20.9. The summed E-state index contributed by atoms with van der Waals surface area (Å²) in [6.07, 6.45) is 16.7. The molecule has 0 spiro atoms. The maximum absolute atomic E-state index is 13.7. The first-order chi connectivity index (χ1) is 17.9. The van der Waals surface area contributed by atoms with E-state index >= 15 is 0 Å². The SMILES string of the molecule is CCOC(=O)c1cn(-c2ccc(/C=C/C3CCCCC3)cc2)nc1N(C(=O)[C@H]1CC[C@H](C)CC1)C(C)C. The molecule has 2 fully saturated rings. The Morgan fingerprint density at radius 2 is 1.73 bits per heavy atom. The van der Waals surface area contributed by atoms with Crippen molar-refractivity contribution in [2.24, 2.45) is 17.8 Å². The molecule has 2 aliphatic carbocycles. The van der Waals surface area contributed by atoms with E-state index in [-0.39, 0.29) is 24.5 Å². The minimum Gasteiger partial charge on any atom is -0.462 e. The first kappa shape index (κ1) is 27.2. The van der Waals surface area contributed by atoms with Crippen LogP contribution >= 0.6 is 0 Å². The molecule has 1 amide bonds. The maximum atomic E-state index is 13.7. The zero-order chi connectivity index (χ0) is 26.4. The second kappa shape index (κ2) is 12.6. The number of amides is 1. The van der Waals surface area contributed by atoms with Gasteiger partial charge in [-0.3, -0.25) is 9.69 Å². The van der Waals surface area contributed by atoms with Crippen molar-refractivity contribution < 1.29 is 14.3 Å². The van der Waals surface area contributed by atoms with Gasteiger partial charge in [-0.1, -0.05) is 50.5 Å². The molecule has 1 aromatic heterocycles. The number of hydrogen-bond acceptors (Lipinski definition) is 4. The van der Waals surface area contributed by atoms with Gasteiger partial charge in [-0.15, -0.1) is 5.10 Å². The van der Waals surface area contributed by atoms with Crippen LogP contribution in [0, 0.1) is 17.8 Å². The molecular weight excluding hydrogens is 462 g/mol. The van der Waals surface area contributed by atoms with Crippen molar-refractivity contribution in [1.29, 1.82) is 0 Å². The number of rotatable bonds is 8. The predicted octanol–water partition coefficient (Wildman–Crippen LogP) is 7.21. The van der Waals surface area contributed by atoms with Gasteiger partial charge in [-0.25, -0.2) is 9.48 Å². The van der Waals surface area contributed by atoms with Crippen molar-refractivity contribution in [3.8, 4) is 5.69 Å². The summed E-state index contributed by atoms with van der Waals surface area (Å²) in [6, 6.07) is 8.05. The first-order valence-corrected chi connectivity index (χ1v) is 14.3. The molecule has 1 aromatic carbocycles. The minimum atomic E-state index is -0.452. The van der Waals surface area contributed by atoms with Crippen LogP contribution < -0.4 is 4.90 Å².